The van der Waals surface area contributed by atoms with Gasteiger partial charge in [0, 0.05) is 24.0 Å². The molecule has 0 atom stereocenters. The molecule has 1 aliphatic carbocycles. The van der Waals surface area contributed by atoms with E-state index >= 15 is 0 Å². The average molecular weight is 357 g/mol. The minimum atomic E-state index is -0.372. The molecule has 6 nitrogen and oxygen atoms in total. The predicted molar refractivity (Wildman–Crippen MR) is 94.5 cm³/mol. The molecule has 2 amide bonds. The Labute approximate surface area is 150 Å². The first-order valence-electron chi connectivity index (χ1n) is 8.55. The highest BCUT2D eigenvalue weighted by molar-refractivity contribution is 6.04. The Morgan fingerprint density at radius 2 is 1.85 bits per heavy atom. The maximum Gasteiger partial charge on any atom is 0.258 e. The lowest BCUT2D eigenvalue weighted by atomic mass is 10.2. The van der Waals surface area contributed by atoms with Crippen LogP contribution in [0, 0.1) is 5.82 Å². The van der Waals surface area contributed by atoms with Crippen LogP contribution in [0.5, 0.6) is 5.88 Å². The van der Waals surface area contributed by atoms with E-state index in [-0.39, 0.29) is 36.2 Å². The number of ether oxygens (including phenoxy) is 1. The number of aromatic nitrogens is 1. The summed E-state index contributed by atoms with van der Waals surface area (Å²) in [5.74, 6) is -0.639. The zero-order valence-electron chi connectivity index (χ0n) is 14.2. The van der Waals surface area contributed by atoms with Gasteiger partial charge in [0.1, 0.15) is 5.82 Å². The molecule has 1 aliphatic rings. The van der Waals surface area contributed by atoms with Crippen molar-refractivity contribution >= 4 is 17.5 Å². The van der Waals surface area contributed by atoms with Crippen LogP contribution in [0.25, 0.3) is 0 Å². The van der Waals surface area contributed by atoms with Crippen LogP contribution >= 0.6 is 0 Å². The first-order valence-corrected chi connectivity index (χ1v) is 8.55. The number of nitrogens with one attached hydrogen (secondary N) is 2. The fraction of sp³-hybridized carbons (Fsp3) is 0.316. The van der Waals surface area contributed by atoms with Crippen LogP contribution in [0.3, 0.4) is 0 Å². The Bertz CT molecular complexity index is 757. The van der Waals surface area contributed by atoms with E-state index in [4.69, 9.17) is 4.74 Å². The van der Waals surface area contributed by atoms with Crippen LogP contribution in [0.4, 0.5) is 10.1 Å². The zero-order valence-corrected chi connectivity index (χ0v) is 14.2. The van der Waals surface area contributed by atoms with Crippen LogP contribution in [-0.2, 0) is 4.79 Å². The summed E-state index contributed by atoms with van der Waals surface area (Å²) < 4.78 is 18.2. The number of halogens is 1. The van der Waals surface area contributed by atoms with Crippen molar-refractivity contribution in [2.75, 3.05) is 11.9 Å². The molecule has 0 spiro atoms. The van der Waals surface area contributed by atoms with Crippen LogP contribution in [-0.4, -0.2) is 29.4 Å². The Balaban J connectivity index is 1.48. The number of pyridine rings is 1. The van der Waals surface area contributed by atoms with Gasteiger partial charge in [-0.3, -0.25) is 9.59 Å². The maximum atomic E-state index is 12.9. The van der Waals surface area contributed by atoms with E-state index in [0.29, 0.717) is 11.3 Å². The highest BCUT2D eigenvalue weighted by Crippen LogP contribution is 2.17. The van der Waals surface area contributed by atoms with Gasteiger partial charge in [-0.05, 0) is 43.2 Å². The minimum Gasteiger partial charge on any atom is -0.468 e. The number of carbonyl (C=O) groups excluding carboxylic acids is 2. The predicted octanol–water partition coefficient (Wildman–Crippen LogP) is 2.91. The number of carbonyl (C=O) groups is 2. The molecule has 26 heavy (non-hydrogen) atoms. The van der Waals surface area contributed by atoms with E-state index in [2.05, 4.69) is 15.6 Å². The number of hydrogen-bond acceptors (Lipinski definition) is 4. The highest BCUT2D eigenvalue weighted by Gasteiger charge is 2.17. The summed E-state index contributed by atoms with van der Waals surface area (Å²) in [6, 6.07) is 8.81. The van der Waals surface area contributed by atoms with Gasteiger partial charge in [-0.2, -0.15) is 0 Å². The quantitative estimate of drug-likeness (QED) is 0.833. The second-order valence-electron chi connectivity index (χ2n) is 6.18. The van der Waals surface area contributed by atoms with Gasteiger partial charge in [0.25, 0.3) is 11.8 Å². The Morgan fingerprint density at radius 1 is 1.12 bits per heavy atom. The molecule has 3 rings (SSSR count). The molecule has 0 aliphatic heterocycles. The van der Waals surface area contributed by atoms with Gasteiger partial charge in [-0.15, -0.1) is 0 Å². The Morgan fingerprint density at radius 3 is 2.50 bits per heavy atom. The van der Waals surface area contributed by atoms with E-state index in [1.807, 2.05) is 0 Å². The molecular weight excluding hydrogens is 337 g/mol. The number of nitrogens with zero attached hydrogens (tertiary/aromatic N) is 1. The summed E-state index contributed by atoms with van der Waals surface area (Å²) in [7, 11) is 0. The van der Waals surface area contributed by atoms with E-state index in [1.54, 1.807) is 6.07 Å². The van der Waals surface area contributed by atoms with Gasteiger partial charge < -0.3 is 15.4 Å². The Kier molecular flexibility index (Phi) is 5.78. The zero-order chi connectivity index (χ0) is 18.4. The molecule has 0 saturated heterocycles. The molecule has 1 heterocycles. The second-order valence-corrected chi connectivity index (χ2v) is 6.18. The summed E-state index contributed by atoms with van der Waals surface area (Å²) in [5.41, 5.74) is 0.817. The number of benzene rings is 1. The van der Waals surface area contributed by atoms with Crippen molar-refractivity contribution in [1.82, 2.24) is 10.3 Å². The molecule has 0 unspecified atom stereocenters. The number of hydrogen-bond donors (Lipinski definition) is 2. The van der Waals surface area contributed by atoms with Crippen LogP contribution in [0.2, 0.25) is 0 Å². The van der Waals surface area contributed by atoms with Gasteiger partial charge in [0.05, 0.1) is 5.56 Å². The Hall–Kier alpha value is -2.96. The first-order chi connectivity index (χ1) is 12.6. The van der Waals surface area contributed by atoms with Crippen molar-refractivity contribution in [3.63, 3.8) is 0 Å². The smallest absolute Gasteiger partial charge is 0.258 e. The molecule has 1 aromatic carbocycles. The van der Waals surface area contributed by atoms with Crippen molar-refractivity contribution in [3.05, 3.63) is 54.0 Å². The standard InChI is InChI=1S/C19H20FN3O3/c20-14-6-8-16(9-7-14)23-19(25)13-5-10-18(21-11-13)26-12-17(24)22-15-3-1-2-4-15/h5-11,15H,1-4,12H2,(H,22,24)(H,23,25). The molecule has 0 radical (unpaired) electrons. The molecular formula is C19H20FN3O3. The van der Waals surface area contributed by atoms with Crippen LogP contribution < -0.4 is 15.4 Å². The van der Waals surface area contributed by atoms with Crippen molar-refractivity contribution in [3.8, 4) is 5.88 Å². The molecule has 1 aromatic heterocycles. The lowest BCUT2D eigenvalue weighted by Gasteiger charge is -2.12. The molecule has 1 saturated carbocycles. The fourth-order valence-corrected chi connectivity index (χ4v) is 2.82. The van der Waals surface area contributed by atoms with Crippen molar-refractivity contribution in [2.45, 2.75) is 31.7 Å². The largest absolute Gasteiger partial charge is 0.468 e. The maximum absolute atomic E-state index is 12.9. The lowest BCUT2D eigenvalue weighted by molar-refractivity contribution is -0.123. The normalized spacial score (nSPS) is 14.0. The molecule has 1 fully saturated rings. The molecule has 0 bridgehead atoms. The highest BCUT2D eigenvalue weighted by atomic mass is 19.1. The number of anilines is 1. The van der Waals surface area contributed by atoms with Crippen molar-refractivity contribution in [2.24, 2.45) is 0 Å². The van der Waals surface area contributed by atoms with Gasteiger partial charge in [0.15, 0.2) is 6.61 Å². The molecule has 2 aromatic rings. The average Bonchev–Trinajstić information content (AvgIpc) is 3.15. The number of rotatable bonds is 6. The SMILES string of the molecule is O=C(COc1ccc(C(=O)Nc2ccc(F)cc2)cn1)NC1CCCC1. The lowest BCUT2D eigenvalue weighted by Crippen LogP contribution is -2.36. The van der Waals surface area contributed by atoms with E-state index in [1.165, 1.54) is 36.5 Å². The van der Waals surface area contributed by atoms with Crippen molar-refractivity contribution in [1.29, 1.82) is 0 Å². The third kappa shape index (κ3) is 5.02. The third-order valence-electron chi connectivity index (χ3n) is 4.17. The molecule has 2 N–H and O–H groups in total. The third-order valence-corrected chi connectivity index (χ3v) is 4.17. The minimum absolute atomic E-state index is 0.107. The van der Waals surface area contributed by atoms with Crippen LogP contribution in [0.15, 0.2) is 42.6 Å². The van der Waals surface area contributed by atoms with E-state index < -0.39 is 0 Å². The summed E-state index contributed by atoms with van der Waals surface area (Å²) >= 11 is 0. The van der Waals surface area contributed by atoms with Gasteiger partial charge in [0.2, 0.25) is 5.88 Å². The number of amides is 2. The van der Waals surface area contributed by atoms with Gasteiger partial charge in [-0.1, -0.05) is 12.8 Å². The summed E-state index contributed by atoms with van der Waals surface area (Å²) in [6.07, 6.45) is 5.69. The fourth-order valence-electron chi connectivity index (χ4n) is 2.82. The summed E-state index contributed by atoms with van der Waals surface area (Å²) in [6.45, 7) is -0.107. The molecule has 136 valence electrons. The summed E-state index contributed by atoms with van der Waals surface area (Å²) in [5, 5.41) is 5.57. The second kappa shape index (κ2) is 8.42. The first kappa shape index (κ1) is 17.8. The topological polar surface area (TPSA) is 80.3 Å². The van der Waals surface area contributed by atoms with Crippen molar-refractivity contribution < 1.29 is 18.7 Å². The van der Waals surface area contributed by atoms with Crippen LogP contribution in [0.1, 0.15) is 36.0 Å². The monoisotopic (exact) mass is 357 g/mol. The van der Waals surface area contributed by atoms with E-state index in [9.17, 15) is 14.0 Å². The van der Waals surface area contributed by atoms with E-state index in [0.717, 1.165) is 25.7 Å². The summed E-state index contributed by atoms with van der Waals surface area (Å²) in [4.78, 5) is 28.0. The van der Waals surface area contributed by atoms with Gasteiger partial charge in [-0.25, -0.2) is 9.37 Å². The molecule has 7 heteroatoms. The van der Waals surface area contributed by atoms with Gasteiger partial charge >= 0.3 is 0 Å².